The van der Waals surface area contributed by atoms with E-state index in [1.165, 1.54) is 0 Å². The highest BCUT2D eigenvalue weighted by atomic mass is 16.5. The fourth-order valence-corrected chi connectivity index (χ4v) is 3.21. The quantitative estimate of drug-likeness (QED) is 0.803. The lowest BCUT2D eigenvalue weighted by molar-refractivity contribution is -0.127. The number of hydrogen-bond donors (Lipinski definition) is 1. The summed E-state index contributed by atoms with van der Waals surface area (Å²) in [5, 5.41) is 2.98. The summed E-state index contributed by atoms with van der Waals surface area (Å²) >= 11 is 0. The molecule has 1 aliphatic heterocycles. The van der Waals surface area contributed by atoms with Crippen LogP contribution in [0.2, 0.25) is 0 Å². The lowest BCUT2D eigenvalue weighted by atomic mass is 10.1. The number of aryl methyl sites for hydroxylation is 1. The maximum Gasteiger partial charge on any atom is 0.261 e. The van der Waals surface area contributed by atoms with Gasteiger partial charge in [-0.3, -0.25) is 4.79 Å². The Bertz CT molecular complexity index is 876. The second-order valence-electron chi connectivity index (χ2n) is 6.01. The number of hydrogen-bond acceptors (Lipinski definition) is 3. The van der Waals surface area contributed by atoms with Crippen molar-refractivity contribution in [1.82, 2.24) is 14.9 Å². The largest absolute Gasteiger partial charge is 0.480 e. The summed E-state index contributed by atoms with van der Waals surface area (Å²) in [6.07, 6.45) is 0.206. The van der Waals surface area contributed by atoms with Crippen molar-refractivity contribution in [3.8, 4) is 5.75 Å². The number of ether oxygens (including phenoxy) is 1. The molecule has 24 heavy (non-hydrogen) atoms. The number of fused-ring (bicyclic) bond motifs is 2. The molecule has 2 heterocycles. The molecule has 2 aromatic carbocycles. The smallest absolute Gasteiger partial charge is 0.261 e. The SMILES string of the molecule is Cc1nc2ccccc2n1CCNC(=O)C1Cc2ccccc2O1. The minimum atomic E-state index is -0.428. The maximum absolute atomic E-state index is 12.3. The number of nitrogens with one attached hydrogen (secondary N) is 1. The molecule has 1 amide bonds. The number of aromatic nitrogens is 2. The highest BCUT2D eigenvalue weighted by molar-refractivity contribution is 5.82. The second kappa shape index (κ2) is 6.00. The number of benzene rings is 2. The lowest BCUT2D eigenvalue weighted by Gasteiger charge is -2.12. The summed E-state index contributed by atoms with van der Waals surface area (Å²) in [6, 6.07) is 15.8. The number of para-hydroxylation sites is 3. The first kappa shape index (κ1) is 14.8. The Morgan fingerprint density at radius 3 is 2.92 bits per heavy atom. The standard InChI is InChI=1S/C19H19N3O2/c1-13-21-15-7-3-4-8-16(15)22(13)11-10-20-19(23)18-12-14-6-2-5-9-17(14)24-18/h2-9,18H,10-12H2,1H3,(H,20,23). The van der Waals surface area contributed by atoms with Crippen molar-refractivity contribution >= 4 is 16.9 Å². The van der Waals surface area contributed by atoms with Crippen LogP contribution in [0.3, 0.4) is 0 Å². The Hall–Kier alpha value is -2.82. The Balaban J connectivity index is 1.38. The molecule has 1 unspecified atom stereocenters. The molecule has 0 bridgehead atoms. The maximum atomic E-state index is 12.3. The van der Waals surface area contributed by atoms with Crippen LogP contribution in [0.15, 0.2) is 48.5 Å². The number of carbonyl (C=O) groups excluding carboxylic acids is 1. The van der Waals surface area contributed by atoms with Gasteiger partial charge in [-0.1, -0.05) is 30.3 Å². The average Bonchev–Trinajstić information content (AvgIpc) is 3.16. The van der Waals surface area contributed by atoms with Gasteiger partial charge in [0.2, 0.25) is 0 Å². The summed E-state index contributed by atoms with van der Waals surface area (Å²) in [4.78, 5) is 16.9. The monoisotopic (exact) mass is 321 g/mol. The Kier molecular flexibility index (Phi) is 3.69. The lowest BCUT2D eigenvalue weighted by Crippen LogP contribution is -2.39. The highest BCUT2D eigenvalue weighted by Crippen LogP contribution is 2.28. The van der Waals surface area contributed by atoms with Gasteiger partial charge in [0, 0.05) is 19.5 Å². The molecule has 1 atom stereocenters. The second-order valence-corrected chi connectivity index (χ2v) is 6.01. The zero-order chi connectivity index (χ0) is 16.5. The number of carbonyl (C=O) groups is 1. The van der Waals surface area contributed by atoms with Gasteiger partial charge in [0.05, 0.1) is 11.0 Å². The molecule has 1 aliphatic rings. The number of rotatable bonds is 4. The van der Waals surface area contributed by atoms with Gasteiger partial charge in [-0.25, -0.2) is 4.98 Å². The first-order valence-electron chi connectivity index (χ1n) is 8.16. The molecule has 0 saturated carbocycles. The van der Waals surface area contributed by atoms with E-state index in [0.717, 1.165) is 28.2 Å². The predicted octanol–water partition coefficient (Wildman–Crippen LogP) is 2.46. The minimum Gasteiger partial charge on any atom is -0.480 e. The number of imidazole rings is 1. The molecule has 3 aromatic rings. The van der Waals surface area contributed by atoms with Gasteiger partial charge in [-0.15, -0.1) is 0 Å². The van der Waals surface area contributed by atoms with Gasteiger partial charge in [-0.2, -0.15) is 0 Å². The molecule has 5 nitrogen and oxygen atoms in total. The number of nitrogens with zero attached hydrogens (tertiary/aromatic N) is 2. The number of amides is 1. The van der Waals surface area contributed by atoms with Crippen molar-refractivity contribution in [1.29, 1.82) is 0 Å². The zero-order valence-corrected chi connectivity index (χ0v) is 13.5. The van der Waals surface area contributed by atoms with Crippen LogP contribution in [0, 0.1) is 6.92 Å². The summed E-state index contributed by atoms with van der Waals surface area (Å²) in [5.74, 6) is 1.71. The van der Waals surface area contributed by atoms with Crippen LogP contribution < -0.4 is 10.1 Å². The highest BCUT2D eigenvalue weighted by Gasteiger charge is 2.28. The van der Waals surface area contributed by atoms with Crippen LogP contribution in [-0.2, 0) is 17.8 Å². The molecule has 122 valence electrons. The van der Waals surface area contributed by atoms with E-state index in [9.17, 15) is 4.79 Å². The van der Waals surface area contributed by atoms with E-state index in [-0.39, 0.29) is 5.91 Å². The third-order valence-electron chi connectivity index (χ3n) is 4.42. The third-order valence-corrected chi connectivity index (χ3v) is 4.42. The molecule has 0 saturated heterocycles. The average molecular weight is 321 g/mol. The van der Waals surface area contributed by atoms with Crippen LogP contribution >= 0.6 is 0 Å². The van der Waals surface area contributed by atoms with E-state index in [1.807, 2.05) is 55.5 Å². The molecule has 0 fully saturated rings. The van der Waals surface area contributed by atoms with E-state index in [2.05, 4.69) is 14.9 Å². The van der Waals surface area contributed by atoms with E-state index in [1.54, 1.807) is 0 Å². The molecule has 0 aliphatic carbocycles. The molecular weight excluding hydrogens is 302 g/mol. The normalized spacial score (nSPS) is 16.0. The molecular formula is C19H19N3O2. The summed E-state index contributed by atoms with van der Waals surface area (Å²) < 4.78 is 7.84. The Morgan fingerprint density at radius 2 is 2.04 bits per heavy atom. The predicted molar refractivity (Wildman–Crippen MR) is 92.0 cm³/mol. The van der Waals surface area contributed by atoms with Crippen molar-refractivity contribution in [2.75, 3.05) is 6.54 Å². The first-order valence-corrected chi connectivity index (χ1v) is 8.16. The fourth-order valence-electron chi connectivity index (χ4n) is 3.21. The van der Waals surface area contributed by atoms with Crippen molar-refractivity contribution in [2.24, 2.45) is 0 Å². The van der Waals surface area contributed by atoms with Gasteiger partial charge in [0.25, 0.3) is 5.91 Å². The van der Waals surface area contributed by atoms with E-state index < -0.39 is 6.10 Å². The Morgan fingerprint density at radius 1 is 1.25 bits per heavy atom. The van der Waals surface area contributed by atoms with Crippen molar-refractivity contribution in [3.05, 3.63) is 59.9 Å². The van der Waals surface area contributed by atoms with Crippen molar-refractivity contribution in [2.45, 2.75) is 26.0 Å². The van der Waals surface area contributed by atoms with E-state index in [0.29, 0.717) is 19.5 Å². The van der Waals surface area contributed by atoms with Crippen LogP contribution in [0.1, 0.15) is 11.4 Å². The first-order chi connectivity index (χ1) is 11.7. The topological polar surface area (TPSA) is 56.2 Å². The zero-order valence-electron chi connectivity index (χ0n) is 13.5. The van der Waals surface area contributed by atoms with Gasteiger partial charge >= 0.3 is 0 Å². The van der Waals surface area contributed by atoms with Crippen molar-refractivity contribution < 1.29 is 9.53 Å². The minimum absolute atomic E-state index is 0.0618. The molecule has 1 aromatic heterocycles. The van der Waals surface area contributed by atoms with Gasteiger partial charge in [0.1, 0.15) is 11.6 Å². The van der Waals surface area contributed by atoms with E-state index in [4.69, 9.17) is 4.74 Å². The van der Waals surface area contributed by atoms with Crippen LogP contribution in [0.5, 0.6) is 5.75 Å². The summed E-state index contributed by atoms with van der Waals surface area (Å²) in [7, 11) is 0. The summed E-state index contributed by atoms with van der Waals surface area (Å²) in [6.45, 7) is 3.23. The molecule has 1 N–H and O–H groups in total. The van der Waals surface area contributed by atoms with Gasteiger partial charge in [0.15, 0.2) is 6.10 Å². The molecule has 0 spiro atoms. The molecule has 0 radical (unpaired) electrons. The van der Waals surface area contributed by atoms with Gasteiger partial charge in [-0.05, 0) is 30.7 Å². The van der Waals surface area contributed by atoms with Crippen LogP contribution in [0.4, 0.5) is 0 Å². The molecule has 4 rings (SSSR count). The Labute approximate surface area is 140 Å². The van der Waals surface area contributed by atoms with Gasteiger partial charge < -0.3 is 14.6 Å². The van der Waals surface area contributed by atoms with Crippen LogP contribution in [-0.4, -0.2) is 28.1 Å². The fraction of sp³-hybridized carbons (Fsp3) is 0.263. The molecule has 5 heteroatoms. The third kappa shape index (κ3) is 2.62. The van der Waals surface area contributed by atoms with Crippen LogP contribution in [0.25, 0.3) is 11.0 Å². The summed E-state index contributed by atoms with van der Waals surface area (Å²) in [5.41, 5.74) is 3.17. The van der Waals surface area contributed by atoms with E-state index >= 15 is 0 Å². The van der Waals surface area contributed by atoms with Crippen molar-refractivity contribution in [3.63, 3.8) is 0 Å².